The van der Waals surface area contributed by atoms with E-state index >= 15 is 0 Å². The van der Waals surface area contributed by atoms with Crippen molar-refractivity contribution in [2.45, 2.75) is 33.4 Å². The van der Waals surface area contributed by atoms with Crippen LogP contribution in [-0.2, 0) is 16.1 Å². The Bertz CT molecular complexity index is 1970. The molecule has 0 N–H and O–H groups in total. The summed E-state index contributed by atoms with van der Waals surface area (Å²) in [6, 6.07) is 15.6. The van der Waals surface area contributed by atoms with E-state index in [0.29, 0.717) is 21.6 Å². The van der Waals surface area contributed by atoms with Crippen LogP contribution in [0, 0.1) is 22.9 Å². The highest BCUT2D eigenvalue weighted by molar-refractivity contribution is 9.10. The fourth-order valence-electron chi connectivity index (χ4n) is 4.73. The van der Waals surface area contributed by atoms with Crippen molar-refractivity contribution in [2.75, 3.05) is 6.61 Å². The standard InChI is InChI=1S/C31H25BrFN3O6S/c1-4-41-30(38)26-18(3)34-31-35(27(26)20-11-9-17(2)10-12-20)29(37)25(43-31)15-19-13-22(32)28(24(14-19)36(39)40)42-16-21-7-5-6-8-23(21)33/h5-15,27H,4,16H2,1-3H3/b25-15-/t27-/m1/s1. The molecular weight excluding hydrogens is 641 g/mol. The molecule has 0 unspecified atom stereocenters. The maximum atomic E-state index is 14.1. The Labute approximate surface area is 257 Å². The Morgan fingerprint density at radius 2 is 1.91 bits per heavy atom. The second kappa shape index (κ2) is 12.4. The van der Waals surface area contributed by atoms with Gasteiger partial charge in [-0.05, 0) is 66.0 Å². The number of carbonyl (C=O) groups is 1. The molecule has 1 atom stereocenters. The summed E-state index contributed by atoms with van der Waals surface area (Å²) < 4.78 is 27.0. The number of aromatic nitrogens is 1. The molecule has 220 valence electrons. The number of esters is 1. The highest BCUT2D eigenvalue weighted by atomic mass is 79.9. The van der Waals surface area contributed by atoms with Gasteiger partial charge in [-0.3, -0.25) is 19.5 Å². The zero-order chi connectivity index (χ0) is 30.8. The van der Waals surface area contributed by atoms with Gasteiger partial charge in [-0.25, -0.2) is 14.2 Å². The van der Waals surface area contributed by atoms with E-state index in [0.717, 1.165) is 16.9 Å². The van der Waals surface area contributed by atoms with Gasteiger partial charge in [0.2, 0.25) is 5.75 Å². The highest BCUT2D eigenvalue weighted by Gasteiger charge is 2.33. The number of thiazole rings is 1. The zero-order valence-corrected chi connectivity index (χ0v) is 25.7. The lowest BCUT2D eigenvalue weighted by Gasteiger charge is -2.24. The molecule has 0 saturated heterocycles. The number of rotatable bonds is 8. The molecule has 0 saturated carbocycles. The van der Waals surface area contributed by atoms with Crippen molar-refractivity contribution in [1.29, 1.82) is 0 Å². The summed E-state index contributed by atoms with van der Waals surface area (Å²) in [4.78, 5) is 43.2. The molecule has 43 heavy (non-hydrogen) atoms. The van der Waals surface area contributed by atoms with E-state index in [1.165, 1.54) is 34.9 Å². The molecule has 1 aliphatic heterocycles. The molecule has 0 radical (unpaired) electrons. The highest BCUT2D eigenvalue weighted by Crippen LogP contribution is 2.37. The summed E-state index contributed by atoms with van der Waals surface area (Å²) in [6.45, 7) is 5.29. The molecule has 1 aliphatic rings. The second-order valence-electron chi connectivity index (χ2n) is 9.70. The van der Waals surface area contributed by atoms with Crippen LogP contribution in [0.25, 0.3) is 6.08 Å². The van der Waals surface area contributed by atoms with Crippen LogP contribution in [0.5, 0.6) is 5.75 Å². The predicted molar refractivity (Wildman–Crippen MR) is 163 cm³/mol. The minimum atomic E-state index is -0.770. The van der Waals surface area contributed by atoms with E-state index in [1.54, 1.807) is 26.0 Å². The van der Waals surface area contributed by atoms with Crippen LogP contribution >= 0.6 is 27.3 Å². The van der Waals surface area contributed by atoms with E-state index < -0.39 is 28.3 Å². The van der Waals surface area contributed by atoms with E-state index in [1.807, 2.05) is 31.2 Å². The lowest BCUT2D eigenvalue weighted by Crippen LogP contribution is -2.39. The summed E-state index contributed by atoms with van der Waals surface area (Å²) in [5.41, 5.74) is 2.26. The number of halogens is 2. The van der Waals surface area contributed by atoms with E-state index in [4.69, 9.17) is 9.47 Å². The quantitative estimate of drug-likeness (QED) is 0.140. The largest absolute Gasteiger partial charge is 0.481 e. The maximum absolute atomic E-state index is 14.1. The van der Waals surface area contributed by atoms with Gasteiger partial charge >= 0.3 is 11.7 Å². The SMILES string of the molecule is CCOC(=O)C1=C(C)N=c2s/c(=C\c3cc(Br)c(OCc4ccccc4F)c([N+](=O)[O-])c3)c(=O)n2[C@@H]1c1ccc(C)cc1. The van der Waals surface area contributed by atoms with Gasteiger partial charge < -0.3 is 9.47 Å². The first-order chi connectivity index (χ1) is 20.6. The molecule has 3 aromatic carbocycles. The van der Waals surface area contributed by atoms with Gasteiger partial charge in [0.15, 0.2) is 4.80 Å². The van der Waals surface area contributed by atoms with E-state index in [-0.39, 0.29) is 44.8 Å². The van der Waals surface area contributed by atoms with Crippen molar-refractivity contribution in [2.24, 2.45) is 4.99 Å². The number of benzene rings is 3. The molecule has 0 aliphatic carbocycles. The van der Waals surface area contributed by atoms with E-state index in [9.17, 15) is 24.1 Å². The number of fused-ring (bicyclic) bond motifs is 1. The van der Waals surface area contributed by atoms with Gasteiger partial charge in [-0.1, -0.05) is 59.4 Å². The average molecular weight is 667 g/mol. The summed E-state index contributed by atoms with van der Waals surface area (Å²) in [5.74, 6) is -1.12. The molecule has 4 aromatic rings. The molecule has 2 heterocycles. The third-order valence-corrected chi connectivity index (χ3v) is 8.35. The Morgan fingerprint density at radius 1 is 1.19 bits per heavy atom. The van der Waals surface area contributed by atoms with Gasteiger partial charge in [0.25, 0.3) is 5.56 Å². The zero-order valence-electron chi connectivity index (χ0n) is 23.3. The van der Waals surface area contributed by atoms with Gasteiger partial charge in [-0.2, -0.15) is 0 Å². The van der Waals surface area contributed by atoms with Gasteiger partial charge in [0.05, 0.1) is 37.8 Å². The van der Waals surface area contributed by atoms with Crippen LogP contribution in [0.15, 0.2) is 86.2 Å². The van der Waals surface area contributed by atoms with Gasteiger partial charge in [0.1, 0.15) is 12.4 Å². The summed E-state index contributed by atoms with van der Waals surface area (Å²) >= 11 is 4.45. The maximum Gasteiger partial charge on any atom is 0.338 e. The number of hydrogen-bond donors (Lipinski definition) is 0. The number of allylic oxidation sites excluding steroid dienone is 1. The van der Waals surface area contributed by atoms with Crippen LogP contribution in [0.3, 0.4) is 0 Å². The summed E-state index contributed by atoms with van der Waals surface area (Å²) in [5, 5.41) is 12.0. The average Bonchev–Trinajstić information content (AvgIpc) is 3.26. The predicted octanol–water partition coefficient (Wildman–Crippen LogP) is 5.50. The van der Waals surface area contributed by atoms with E-state index in [2.05, 4.69) is 20.9 Å². The fraction of sp³-hybridized carbons (Fsp3) is 0.194. The van der Waals surface area contributed by atoms with Crippen LogP contribution in [0.2, 0.25) is 0 Å². The van der Waals surface area contributed by atoms with Crippen molar-refractivity contribution >= 4 is 45.0 Å². The van der Waals surface area contributed by atoms with Crippen molar-refractivity contribution < 1.29 is 23.6 Å². The van der Waals surface area contributed by atoms with Crippen molar-refractivity contribution in [1.82, 2.24) is 4.57 Å². The molecule has 5 rings (SSSR count). The summed E-state index contributed by atoms with van der Waals surface area (Å²) in [6.07, 6.45) is 1.53. The normalized spacial score (nSPS) is 14.7. The number of carbonyl (C=O) groups excluding carboxylic acids is 1. The van der Waals surface area contributed by atoms with Crippen LogP contribution < -0.4 is 19.6 Å². The molecule has 12 heteroatoms. The van der Waals surface area contributed by atoms with Gasteiger partial charge in [0, 0.05) is 11.6 Å². The van der Waals surface area contributed by atoms with Crippen molar-refractivity contribution in [3.8, 4) is 5.75 Å². The third-order valence-electron chi connectivity index (χ3n) is 6.78. The van der Waals surface area contributed by atoms with Crippen LogP contribution in [-0.4, -0.2) is 22.1 Å². The topological polar surface area (TPSA) is 113 Å². The number of nitro benzene ring substituents is 1. The number of ether oxygens (including phenoxy) is 2. The Hall–Kier alpha value is -4.42. The lowest BCUT2D eigenvalue weighted by molar-refractivity contribution is -0.386. The van der Waals surface area contributed by atoms with Gasteiger partial charge in [-0.15, -0.1) is 0 Å². The molecule has 0 spiro atoms. The minimum absolute atomic E-state index is 0.0686. The van der Waals surface area contributed by atoms with Crippen molar-refractivity contribution in [3.05, 3.63) is 134 Å². The number of aryl methyl sites for hydroxylation is 1. The fourth-order valence-corrected chi connectivity index (χ4v) is 6.36. The monoisotopic (exact) mass is 665 g/mol. The lowest BCUT2D eigenvalue weighted by atomic mass is 9.95. The second-order valence-corrected chi connectivity index (χ2v) is 11.6. The first kappa shape index (κ1) is 30.1. The Morgan fingerprint density at radius 3 is 2.58 bits per heavy atom. The van der Waals surface area contributed by atoms with Crippen molar-refractivity contribution in [3.63, 3.8) is 0 Å². The first-order valence-corrected chi connectivity index (χ1v) is 14.8. The number of hydrogen-bond acceptors (Lipinski definition) is 8. The number of nitro groups is 1. The van der Waals surface area contributed by atoms with Crippen LogP contribution in [0.1, 0.15) is 42.1 Å². The van der Waals surface area contributed by atoms with Crippen LogP contribution in [0.4, 0.5) is 10.1 Å². The smallest absolute Gasteiger partial charge is 0.338 e. The first-order valence-electron chi connectivity index (χ1n) is 13.2. The molecule has 0 fully saturated rings. The molecule has 1 aromatic heterocycles. The summed E-state index contributed by atoms with van der Waals surface area (Å²) in [7, 11) is 0. The number of nitrogens with zero attached hydrogens (tertiary/aromatic N) is 3. The minimum Gasteiger partial charge on any atom is -0.481 e. The molecular formula is C31H25BrFN3O6S. The molecule has 0 amide bonds. The Kier molecular flexibility index (Phi) is 8.69. The Balaban J connectivity index is 1.60. The third kappa shape index (κ3) is 6.06. The molecule has 9 nitrogen and oxygen atoms in total. The molecule has 0 bridgehead atoms.